The number of hydrogen-bond acceptors (Lipinski definition) is 5. The van der Waals surface area contributed by atoms with Crippen molar-refractivity contribution in [1.82, 2.24) is 0 Å². The van der Waals surface area contributed by atoms with Gasteiger partial charge < -0.3 is 14.8 Å². The molecule has 0 radical (unpaired) electrons. The lowest BCUT2D eigenvalue weighted by Crippen LogP contribution is -2.37. The molecule has 6 atom stereocenters. The van der Waals surface area contributed by atoms with Crippen LogP contribution >= 0.6 is 31.9 Å². The Kier molecular flexibility index (Phi) is 5.73. The van der Waals surface area contributed by atoms with Crippen LogP contribution in [0.15, 0.2) is 42.5 Å². The summed E-state index contributed by atoms with van der Waals surface area (Å²) in [7, 11) is 3.06. The van der Waals surface area contributed by atoms with Gasteiger partial charge in [-0.15, -0.1) is 0 Å². The van der Waals surface area contributed by atoms with Crippen LogP contribution in [0.5, 0.6) is 11.5 Å². The number of amides is 3. The molecular formula is C24H22Br2N2O5. The Balaban J connectivity index is 1.41. The molecule has 1 N–H and O–H groups in total. The SMILES string of the molecule is COc1ccc(OC)c(NC(=O)c2cccc(N3C(=O)[C@@H]4[C@H]5C[C@@H]([C@@H](Br)[C@H]5Br)[C@H]4C3=O)c2)c1. The van der Waals surface area contributed by atoms with Gasteiger partial charge in [0.2, 0.25) is 11.8 Å². The summed E-state index contributed by atoms with van der Waals surface area (Å²) in [4.78, 5) is 41.2. The van der Waals surface area contributed by atoms with Crippen LogP contribution in [0.4, 0.5) is 11.4 Å². The standard InChI is InChI=1S/C24H22Br2N2O5/c1-32-13-6-7-17(33-2)16(9-13)27-22(29)11-4-3-5-12(8-11)28-23(30)18-14-10-15(19(18)24(28)31)21(26)20(14)25/h3-9,14-15,18-21H,10H2,1-2H3,(H,27,29)/t14-,15-,18-,19-,20-,21+/m1/s1. The molecule has 1 saturated heterocycles. The predicted octanol–water partition coefficient (Wildman–Crippen LogP) is 4.24. The molecule has 172 valence electrons. The number of fused-ring (bicyclic) bond motifs is 5. The number of hydrogen-bond donors (Lipinski definition) is 1. The van der Waals surface area contributed by atoms with Crippen LogP contribution in [0.2, 0.25) is 0 Å². The Morgan fingerprint density at radius 1 is 0.970 bits per heavy atom. The van der Waals surface area contributed by atoms with Crippen LogP contribution in [-0.2, 0) is 9.59 Å². The third-order valence-electron chi connectivity index (χ3n) is 7.01. The molecule has 33 heavy (non-hydrogen) atoms. The molecule has 1 heterocycles. The number of methoxy groups -OCH3 is 2. The molecule has 2 saturated carbocycles. The van der Waals surface area contributed by atoms with Crippen LogP contribution in [0.25, 0.3) is 0 Å². The molecule has 2 aromatic rings. The second kappa shape index (κ2) is 8.43. The highest BCUT2D eigenvalue weighted by Gasteiger charge is 2.66. The van der Waals surface area contributed by atoms with Gasteiger partial charge in [-0.2, -0.15) is 0 Å². The minimum absolute atomic E-state index is 0.137. The topological polar surface area (TPSA) is 84.9 Å². The molecule has 2 bridgehead atoms. The van der Waals surface area contributed by atoms with Gasteiger partial charge in [-0.05, 0) is 48.6 Å². The average Bonchev–Trinajstić information content (AvgIpc) is 3.43. The van der Waals surface area contributed by atoms with E-state index in [1.165, 1.54) is 19.1 Å². The number of halogens is 2. The highest BCUT2D eigenvalue weighted by molar-refractivity contribution is 9.12. The Morgan fingerprint density at radius 3 is 2.24 bits per heavy atom. The Hall–Kier alpha value is -2.39. The summed E-state index contributed by atoms with van der Waals surface area (Å²) in [5.41, 5.74) is 1.20. The first kappa shape index (κ1) is 22.4. The van der Waals surface area contributed by atoms with Gasteiger partial charge in [0.15, 0.2) is 0 Å². The van der Waals surface area contributed by atoms with Crippen LogP contribution in [0, 0.1) is 23.7 Å². The minimum atomic E-state index is -0.385. The Bertz CT molecular complexity index is 1120. The fourth-order valence-electron chi connectivity index (χ4n) is 5.50. The first-order valence-electron chi connectivity index (χ1n) is 10.6. The molecule has 2 aromatic carbocycles. The highest BCUT2D eigenvalue weighted by Crippen LogP contribution is 2.60. The molecule has 0 spiro atoms. The summed E-state index contributed by atoms with van der Waals surface area (Å²) in [5, 5.41) is 2.82. The van der Waals surface area contributed by atoms with E-state index in [4.69, 9.17) is 9.47 Å². The van der Waals surface area contributed by atoms with Crippen molar-refractivity contribution in [3.8, 4) is 11.5 Å². The van der Waals surface area contributed by atoms with Gasteiger partial charge in [-0.25, -0.2) is 0 Å². The molecule has 9 heteroatoms. The van der Waals surface area contributed by atoms with Crippen molar-refractivity contribution in [1.29, 1.82) is 0 Å². The molecule has 3 aliphatic rings. The number of nitrogens with one attached hydrogen (secondary N) is 1. The monoisotopic (exact) mass is 576 g/mol. The minimum Gasteiger partial charge on any atom is -0.497 e. The summed E-state index contributed by atoms with van der Waals surface area (Å²) in [6, 6.07) is 11.7. The maximum Gasteiger partial charge on any atom is 0.255 e. The zero-order valence-electron chi connectivity index (χ0n) is 18.0. The van der Waals surface area contributed by atoms with Crippen molar-refractivity contribution in [3.63, 3.8) is 0 Å². The summed E-state index contributed by atoms with van der Waals surface area (Å²) >= 11 is 7.41. The molecule has 2 aliphatic carbocycles. The van der Waals surface area contributed by atoms with Crippen LogP contribution < -0.4 is 19.7 Å². The number of ether oxygens (including phenoxy) is 2. The van der Waals surface area contributed by atoms with Crippen LogP contribution in [0.3, 0.4) is 0 Å². The largest absolute Gasteiger partial charge is 0.497 e. The molecule has 3 amide bonds. The molecule has 7 nitrogen and oxygen atoms in total. The van der Waals surface area contributed by atoms with Crippen molar-refractivity contribution in [2.75, 3.05) is 24.4 Å². The first-order valence-corrected chi connectivity index (χ1v) is 12.5. The van der Waals surface area contributed by atoms with Gasteiger partial charge in [-0.3, -0.25) is 19.3 Å². The highest BCUT2D eigenvalue weighted by atomic mass is 79.9. The van der Waals surface area contributed by atoms with E-state index < -0.39 is 0 Å². The third-order valence-corrected chi connectivity index (χ3v) is 10.2. The predicted molar refractivity (Wildman–Crippen MR) is 130 cm³/mol. The maximum absolute atomic E-state index is 13.3. The van der Waals surface area contributed by atoms with E-state index in [1.807, 2.05) is 0 Å². The second-order valence-corrected chi connectivity index (χ2v) is 10.7. The lowest BCUT2D eigenvalue weighted by atomic mass is 9.81. The Labute approximate surface area is 208 Å². The lowest BCUT2D eigenvalue weighted by Gasteiger charge is -2.28. The van der Waals surface area contributed by atoms with Crippen molar-refractivity contribution < 1.29 is 23.9 Å². The molecule has 5 rings (SSSR count). The van der Waals surface area contributed by atoms with Crippen molar-refractivity contribution in [2.45, 2.75) is 16.1 Å². The van der Waals surface area contributed by atoms with E-state index in [0.29, 0.717) is 28.4 Å². The average molecular weight is 578 g/mol. The zero-order chi connectivity index (χ0) is 23.4. The van der Waals surface area contributed by atoms with Crippen molar-refractivity contribution >= 4 is 61.0 Å². The summed E-state index contributed by atoms with van der Waals surface area (Å²) in [6.07, 6.45) is 0.872. The fraction of sp³-hybridized carbons (Fsp3) is 0.375. The van der Waals surface area contributed by atoms with E-state index in [-0.39, 0.29) is 51.0 Å². The van der Waals surface area contributed by atoms with E-state index in [1.54, 1.807) is 42.5 Å². The fourth-order valence-corrected chi connectivity index (χ4v) is 7.37. The quantitative estimate of drug-likeness (QED) is 0.424. The van der Waals surface area contributed by atoms with Crippen LogP contribution in [0.1, 0.15) is 16.8 Å². The summed E-state index contributed by atoms with van der Waals surface area (Å²) in [5.74, 6) is -0.00810. The maximum atomic E-state index is 13.3. The number of benzene rings is 2. The molecule has 1 aliphatic heterocycles. The summed E-state index contributed by atoms with van der Waals surface area (Å²) < 4.78 is 10.6. The number of rotatable bonds is 5. The summed E-state index contributed by atoms with van der Waals surface area (Å²) in [6.45, 7) is 0. The van der Waals surface area contributed by atoms with Gasteiger partial charge in [0.05, 0.1) is 37.4 Å². The van der Waals surface area contributed by atoms with E-state index >= 15 is 0 Å². The second-order valence-electron chi connectivity index (χ2n) is 8.59. The molecule has 0 unspecified atom stereocenters. The number of carbonyl (C=O) groups excluding carboxylic acids is 3. The van der Waals surface area contributed by atoms with Gasteiger partial charge >= 0.3 is 0 Å². The first-order chi connectivity index (χ1) is 15.8. The Morgan fingerprint density at radius 2 is 1.64 bits per heavy atom. The molecule has 0 aromatic heterocycles. The number of carbonyl (C=O) groups is 3. The van der Waals surface area contributed by atoms with Gasteiger partial charge in [-0.1, -0.05) is 37.9 Å². The lowest BCUT2D eigenvalue weighted by molar-refractivity contribution is -0.123. The number of alkyl halides is 2. The third kappa shape index (κ3) is 3.47. The van der Waals surface area contributed by atoms with Gasteiger partial charge in [0.1, 0.15) is 11.5 Å². The smallest absolute Gasteiger partial charge is 0.255 e. The van der Waals surface area contributed by atoms with Crippen LogP contribution in [-0.4, -0.2) is 41.6 Å². The van der Waals surface area contributed by atoms with E-state index in [2.05, 4.69) is 37.2 Å². The molecule has 3 fully saturated rings. The van der Waals surface area contributed by atoms with E-state index in [9.17, 15) is 14.4 Å². The normalized spacial score (nSPS) is 29.9. The van der Waals surface area contributed by atoms with Gasteiger partial charge in [0.25, 0.3) is 5.91 Å². The van der Waals surface area contributed by atoms with Gasteiger partial charge in [0, 0.05) is 21.3 Å². The number of nitrogens with zero attached hydrogens (tertiary/aromatic N) is 1. The number of imide groups is 1. The van der Waals surface area contributed by atoms with Crippen molar-refractivity contribution in [2.24, 2.45) is 23.7 Å². The number of anilines is 2. The van der Waals surface area contributed by atoms with Crippen molar-refractivity contribution in [3.05, 3.63) is 48.0 Å². The van der Waals surface area contributed by atoms with E-state index in [0.717, 1.165) is 6.42 Å². The zero-order valence-corrected chi connectivity index (χ0v) is 21.1. The molecular weight excluding hydrogens is 556 g/mol.